The van der Waals surface area contributed by atoms with E-state index in [4.69, 9.17) is 17.3 Å². The fourth-order valence-corrected chi connectivity index (χ4v) is 3.10. The molecular weight excluding hydrogens is 361 g/mol. The minimum absolute atomic E-state index is 0. The Kier molecular flexibility index (Phi) is 8.19. The molecule has 1 aliphatic rings. The summed E-state index contributed by atoms with van der Waals surface area (Å²) in [7, 11) is 0. The van der Waals surface area contributed by atoms with E-state index >= 15 is 0 Å². The maximum Gasteiger partial charge on any atom is 0.252 e. The summed E-state index contributed by atoms with van der Waals surface area (Å²) in [5, 5.41) is 5.96. The summed E-state index contributed by atoms with van der Waals surface area (Å²) in [4.78, 5) is 24.5. The standard InChI is InChI=1S/C18H26ClN3O2.ClH/c1-12(2)11-21-16(23)14-7-6-13(10-15(14)19)22-17(24)18(20)8-4-3-5-9-18;/h6-7,10,12H,3-5,8-9,11,20H2,1-2H3,(H,21,23)(H,22,24);1H. The molecule has 7 heteroatoms. The summed E-state index contributed by atoms with van der Waals surface area (Å²) in [6.45, 7) is 4.63. The third-order valence-corrected chi connectivity index (χ3v) is 4.65. The van der Waals surface area contributed by atoms with Crippen LogP contribution in [0.4, 0.5) is 5.69 Å². The van der Waals surface area contributed by atoms with E-state index < -0.39 is 5.54 Å². The Morgan fingerprint density at radius 2 is 1.88 bits per heavy atom. The van der Waals surface area contributed by atoms with Crippen LogP contribution in [0.25, 0.3) is 0 Å². The molecule has 1 aromatic carbocycles. The van der Waals surface area contributed by atoms with Crippen LogP contribution < -0.4 is 16.4 Å². The van der Waals surface area contributed by atoms with Gasteiger partial charge in [0.15, 0.2) is 0 Å². The predicted octanol–water partition coefficient (Wildman–Crippen LogP) is 3.75. The van der Waals surface area contributed by atoms with Gasteiger partial charge in [-0.3, -0.25) is 9.59 Å². The topological polar surface area (TPSA) is 84.2 Å². The van der Waals surface area contributed by atoms with E-state index in [1.165, 1.54) is 0 Å². The number of benzene rings is 1. The van der Waals surface area contributed by atoms with Crippen molar-refractivity contribution < 1.29 is 9.59 Å². The zero-order valence-electron chi connectivity index (χ0n) is 14.7. The van der Waals surface area contributed by atoms with Gasteiger partial charge >= 0.3 is 0 Å². The Morgan fingerprint density at radius 3 is 2.44 bits per heavy atom. The van der Waals surface area contributed by atoms with Crippen molar-refractivity contribution in [3.8, 4) is 0 Å². The first-order valence-electron chi connectivity index (χ1n) is 8.50. The number of hydrogen-bond acceptors (Lipinski definition) is 3. The Bertz CT molecular complexity index is 614. The lowest BCUT2D eigenvalue weighted by molar-refractivity contribution is -0.122. The van der Waals surface area contributed by atoms with Crippen LogP contribution in [0, 0.1) is 5.92 Å². The van der Waals surface area contributed by atoms with Crippen LogP contribution in [-0.2, 0) is 4.79 Å². The van der Waals surface area contributed by atoms with Crippen molar-refractivity contribution in [2.45, 2.75) is 51.5 Å². The zero-order chi connectivity index (χ0) is 17.7. The third-order valence-electron chi connectivity index (χ3n) is 4.34. The number of carbonyl (C=O) groups excluding carboxylic acids is 2. The second-order valence-corrected chi connectivity index (χ2v) is 7.38. The molecule has 140 valence electrons. The Hall–Kier alpha value is -1.30. The van der Waals surface area contributed by atoms with E-state index in [-0.39, 0.29) is 24.2 Å². The van der Waals surface area contributed by atoms with Crippen LogP contribution in [0.1, 0.15) is 56.3 Å². The first kappa shape index (κ1) is 21.7. The van der Waals surface area contributed by atoms with Crippen molar-refractivity contribution >= 4 is 41.5 Å². The first-order valence-corrected chi connectivity index (χ1v) is 8.88. The lowest BCUT2D eigenvalue weighted by Crippen LogP contribution is -2.52. The maximum atomic E-state index is 12.4. The molecule has 2 amide bonds. The number of halogens is 2. The highest BCUT2D eigenvalue weighted by Crippen LogP contribution is 2.28. The van der Waals surface area contributed by atoms with Crippen molar-refractivity contribution in [3.63, 3.8) is 0 Å². The minimum atomic E-state index is -0.808. The average Bonchev–Trinajstić information content (AvgIpc) is 2.53. The summed E-state index contributed by atoms with van der Waals surface area (Å²) in [5.41, 5.74) is 6.37. The summed E-state index contributed by atoms with van der Waals surface area (Å²) in [6.07, 6.45) is 4.46. The SMILES string of the molecule is CC(C)CNC(=O)c1ccc(NC(=O)C2(N)CCCCC2)cc1Cl.Cl. The molecule has 1 aromatic rings. The van der Waals surface area contributed by atoms with Crippen LogP contribution in [0.15, 0.2) is 18.2 Å². The summed E-state index contributed by atoms with van der Waals surface area (Å²) in [6, 6.07) is 4.90. The molecule has 1 aliphatic carbocycles. The third kappa shape index (κ3) is 5.87. The van der Waals surface area contributed by atoms with Crippen LogP contribution in [0.2, 0.25) is 5.02 Å². The van der Waals surface area contributed by atoms with E-state index in [0.717, 1.165) is 19.3 Å². The van der Waals surface area contributed by atoms with Gasteiger partial charge in [-0.05, 0) is 37.0 Å². The van der Waals surface area contributed by atoms with Gasteiger partial charge in [-0.2, -0.15) is 0 Å². The van der Waals surface area contributed by atoms with E-state index in [2.05, 4.69) is 10.6 Å². The normalized spacial score (nSPS) is 16.0. The maximum absolute atomic E-state index is 12.4. The number of rotatable bonds is 5. The molecule has 5 nitrogen and oxygen atoms in total. The largest absolute Gasteiger partial charge is 0.352 e. The molecule has 0 bridgehead atoms. The minimum Gasteiger partial charge on any atom is -0.352 e. The molecular formula is C18H27Cl2N3O2. The fourth-order valence-electron chi connectivity index (χ4n) is 2.83. The second-order valence-electron chi connectivity index (χ2n) is 6.97. The van der Waals surface area contributed by atoms with Gasteiger partial charge in [-0.25, -0.2) is 0 Å². The van der Waals surface area contributed by atoms with Crippen LogP contribution in [0.5, 0.6) is 0 Å². The van der Waals surface area contributed by atoms with Gasteiger partial charge in [0, 0.05) is 12.2 Å². The van der Waals surface area contributed by atoms with Gasteiger partial charge in [0.05, 0.1) is 16.1 Å². The smallest absolute Gasteiger partial charge is 0.252 e. The highest BCUT2D eigenvalue weighted by atomic mass is 35.5. The molecule has 0 spiro atoms. The molecule has 25 heavy (non-hydrogen) atoms. The Balaban J connectivity index is 0.00000312. The number of amides is 2. The lowest BCUT2D eigenvalue weighted by Gasteiger charge is -2.31. The van der Waals surface area contributed by atoms with Crippen LogP contribution in [-0.4, -0.2) is 23.9 Å². The lowest BCUT2D eigenvalue weighted by atomic mass is 9.82. The van der Waals surface area contributed by atoms with Crippen molar-refractivity contribution in [1.82, 2.24) is 5.32 Å². The molecule has 0 unspecified atom stereocenters. The molecule has 0 aromatic heterocycles. The number of hydrogen-bond donors (Lipinski definition) is 3. The van der Waals surface area contributed by atoms with E-state index in [1.54, 1.807) is 18.2 Å². The predicted molar refractivity (Wildman–Crippen MR) is 105 cm³/mol. The van der Waals surface area contributed by atoms with E-state index in [1.807, 2.05) is 13.8 Å². The quantitative estimate of drug-likeness (QED) is 0.718. The average molecular weight is 388 g/mol. The van der Waals surface area contributed by atoms with Gasteiger partial charge in [-0.15, -0.1) is 12.4 Å². The molecule has 0 atom stereocenters. The first-order chi connectivity index (χ1) is 11.3. The molecule has 2 rings (SSSR count). The second kappa shape index (κ2) is 9.41. The van der Waals surface area contributed by atoms with Crippen molar-refractivity contribution in [1.29, 1.82) is 0 Å². The molecule has 0 aliphatic heterocycles. The van der Waals surface area contributed by atoms with E-state index in [0.29, 0.717) is 41.6 Å². The van der Waals surface area contributed by atoms with Gasteiger partial charge in [0.1, 0.15) is 0 Å². The molecule has 1 saturated carbocycles. The number of nitrogens with one attached hydrogen (secondary N) is 2. The van der Waals surface area contributed by atoms with Crippen LogP contribution in [0.3, 0.4) is 0 Å². The van der Waals surface area contributed by atoms with Crippen molar-refractivity contribution in [3.05, 3.63) is 28.8 Å². The fraction of sp³-hybridized carbons (Fsp3) is 0.556. The highest BCUT2D eigenvalue weighted by Gasteiger charge is 2.35. The highest BCUT2D eigenvalue weighted by molar-refractivity contribution is 6.34. The molecule has 0 radical (unpaired) electrons. The molecule has 0 saturated heterocycles. The van der Waals surface area contributed by atoms with Gasteiger partial charge in [0.2, 0.25) is 5.91 Å². The monoisotopic (exact) mass is 387 g/mol. The Labute approximate surface area is 160 Å². The number of anilines is 1. The zero-order valence-corrected chi connectivity index (χ0v) is 16.3. The molecule has 4 N–H and O–H groups in total. The van der Waals surface area contributed by atoms with E-state index in [9.17, 15) is 9.59 Å². The molecule has 0 heterocycles. The Morgan fingerprint density at radius 1 is 1.24 bits per heavy atom. The van der Waals surface area contributed by atoms with Crippen molar-refractivity contribution in [2.75, 3.05) is 11.9 Å². The van der Waals surface area contributed by atoms with Crippen molar-refractivity contribution in [2.24, 2.45) is 11.7 Å². The summed E-state index contributed by atoms with van der Waals surface area (Å²) < 4.78 is 0. The summed E-state index contributed by atoms with van der Waals surface area (Å²) in [5.74, 6) is -0.0352. The van der Waals surface area contributed by atoms with Gasteiger partial charge in [0.25, 0.3) is 5.91 Å². The number of nitrogens with two attached hydrogens (primary N) is 1. The molecule has 1 fully saturated rings. The summed E-state index contributed by atoms with van der Waals surface area (Å²) >= 11 is 6.20. The van der Waals surface area contributed by atoms with Gasteiger partial charge in [-0.1, -0.05) is 44.7 Å². The number of carbonyl (C=O) groups is 2. The van der Waals surface area contributed by atoms with Crippen LogP contribution >= 0.6 is 24.0 Å². The van der Waals surface area contributed by atoms with Gasteiger partial charge < -0.3 is 16.4 Å².